The summed E-state index contributed by atoms with van der Waals surface area (Å²) in [6.07, 6.45) is 0. The van der Waals surface area contributed by atoms with Crippen LogP contribution in [0.4, 0.5) is 34.1 Å². The van der Waals surface area contributed by atoms with E-state index in [0.717, 1.165) is 49.7 Å². The van der Waals surface area contributed by atoms with Gasteiger partial charge in [0.05, 0.1) is 70.5 Å². The summed E-state index contributed by atoms with van der Waals surface area (Å²) >= 11 is 0. The number of para-hydroxylation sites is 8. The third-order valence-corrected chi connectivity index (χ3v) is 17.8. The molecule has 14 aromatic carbocycles. The summed E-state index contributed by atoms with van der Waals surface area (Å²) in [7, 11) is 0. The molecule has 0 N–H and O–H groups in total. The van der Waals surface area contributed by atoms with Gasteiger partial charge in [-0.1, -0.05) is 224 Å². The topological polar surface area (TPSA) is 21.3 Å². The lowest BCUT2D eigenvalue weighted by molar-refractivity contribution is 1.17. The average molecular weight is 1160 g/mol. The van der Waals surface area contributed by atoms with Gasteiger partial charge in [0.2, 0.25) is 0 Å². The van der Waals surface area contributed by atoms with Gasteiger partial charge in [-0.25, -0.2) is 0 Å². The normalized spacial score (nSPS) is 15.6. The fourth-order valence-electron chi connectivity index (χ4n) is 14.0. The Bertz CT molecular complexity index is 6790. The SMILES string of the molecule is [2H]c1cc(-n2c3c([2H])c([2H])c([2H])c([2H])c3c3c([2H])c([2H])c([2H])c([2H])c32)cc2c1B1c3c(cc(-c4ccc5c(c4)c4ccccc4n5-c4ccccc4)cc3N(c3ccccc3-c3ccccc3)c3c([2H])c(-n4c5c([2H])c([2H])c([2H])c([2H])c5c5c([2H])c([2H])c([2H])c([2H])c54)cc([2H])c31)N2c1ccccc1-c1ccccc1. The van der Waals surface area contributed by atoms with Crippen LogP contribution >= 0.6 is 0 Å². The number of anilines is 6. The summed E-state index contributed by atoms with van der Waals surface area (Å²) in [5.74, 6) is 0. The van der Waals surface area contributed by atoms with Crippen LogP contribution in [0.3, 0.4) is 0 Å². The quantitative estimate of drug-likeness (QED) is 0.141. The minimum absolute atomic E-state index is 0.0616. The second-order valence-electron chi connectivity index (χ2n) is 22.5. The van der Waals surface area contributed by atoms with Gasteiger partial charge in [0.25, 0.3) is 6.71 Å². The zero-order valence-corrected chi connectivity index (χ0v) is 47.5. The van der Waals surface area contributed by atoms with Crippen molar-refractivity contribution in [3.05, 3.63) is 327 Å². The summed E-state index contributed by atoms with van der Waals surface area (Å²) < 4.78 is 187. The molecule has 0 fully saturated rings. The van der Waals surface area contributed by atoms with Gasteiger partial charge in [-0.05, 0) is 142 Å². The molecule has 0 unspecified atom stereocenters. The number of nitrogens with zero attached hydrogens (tertiary/aromatic N) is 5. The van der Waals surface area contributed by atoms with Gasteiger partial charge in [0.1, 0.15) is 0 Å². The maximum Gasteiger partial charge on any atom is 0.252 e. The lowest BCUT2D eigenvalue weighted by Gasteiger charge is -2.45. The lowest BCUT2D eigenvalue weighted by atomic mass is 9.33. The summed E-state index contributed by atoms with van der Waals surface area (Å²) in [6.45, 7) is -1.22. The van der Waals surface area contributed by atoms with E-state index in [4.69, 9.17) is 11.0 Å². The van der Waals surface area contributed by atoms with Crippen LogP contribution in [-0.4, -0.2) is 20.4 Å². The molecule has 0 bridgehead atoms. The maximum atomic E-state index is 11.3. The van der Waals surface area contributed by atoms with Crippen LogP contribution in [-0.2, 0) is 0 Å². The van der Waals surface area contributed by atoms with Gasteiger partial charge < -0.3 is 23.5 Å². The van der Waals surface area contributed by atoms with Crippen molar-refractivity contribution in [2.45, 2.75) is 0 Å². The highest BCUT2D eigenvalue weighted by Crippen LogP contribution is 2.51. The van der Waals surface area contributed by atoms with E-state index in [1.54, 1.807) is 6.07 Å². The van der Waals surface area contributed by atoms with Crippen molar-refractivity contribution in [2.24, 2.45) is 0 Å². The predicted octanol–water partition coefficient (Wildman–Crippen LogP) is 20.1. The van der Waals surface area contributed by atoms with Crippen molar-refractivity contribution in [1.29, 1.82) is 0 Å². The van der Waals surface area contributed by atoms with Crippen molar-refractivity contribution >= 4 is 123 Å². The van der Waals surface area contributed by atoms with Gasteiger partial charge in [-0.3, -0.25) is 0 Å². The van der Waals surface area contributed by atoms with E-state index in [0.29, 0.717) is 39.3 Å². The molecule has 3 aromatic heterocycles. The van der Waals surface area contributed by atoms with E-state index < -0.39 is 103 Å². The van der Waals surface area contributed by atoms with Crippen LogP contribution in [0, 0.1) is 0 Å². The Morgan fingerprint density at radius 3 is 1.28 bits per heavy atom. The van der Waals surface area contributed by atoms with Crippen LogP contribution < -0.4 is 26.2 Å². The van der Waals surface area contributed by atoms with Crippen LogP contribution in [0.25, 0.3) is 116 Å². The highest BCUT2D eigenvalue weighted by molar-refractivity contribution is 7.00. The van der Waals surface area contributed by atoms with Crippen molar-refractivity contribution in [3.8, 4) is 50.4 Å². The summed E-state index contributed by atoms with van der Waals surface area (Å²) in [4.78, 5) is 3.97. The molecule has 2 aliphatic heterocycles. The molecule has 0 atom stereocenters. The van der Waals surface area contributed by atoms with Crippen molar-refractivity contribution in [1.82, 2.24) is 13.7 Å². The zero-order chi connectivity index (χ0) is 75.5. The summed E-state index contributed by atoms with van der Waals surface area (Å²) in [6, 6.07) is 57.4. The Balaban J connectivity index is 1.02. The molecule has 17 aromatic rings. The van der Waals surface area contributed by atoms with E-state index in [9.17, 15) is 15.1 Å². The molecule has 6 heteroatoms. The minimum Gasteiger partial charge on any atom is -0.311 e. The molecule has 5 nitrogen and oxygen atoms in total. The first-order chi connectivity index (χ1) is 52.6. The molecule has 418 valence electrons. The van der Waals surface area contributed by atoms with E-state index in [1.165, 1.54) is 21.3 Å². The third kappa shape index (κ3) is 7.46. The molecule has 0 spiro atoms. The van der Waals surface area contributed by atoms with Gasteiger partial charge in [0, 0.05) is 83.3 Å². The van der Waals surface area contributed by atoms with E-state index in [-0.39, 0.29) is 95.4 Å². The van der Waals surface area contributed by atoms with Crippen molar-refractivity contribution in [3.63, 3.8) is 0 Å². The highest BCUT2D eigenvalue weighted by Gasteiger charge is 2.45. The fraction of sp³-hybridized carbons (Fsp3) is 0. The number of hydrogen-bond donors (Lipinski definition) is 0. The van der Waals surface area contributed by atoms with Crippen molar-refractivity contribution < 1.29 is 26.0 Å². The van der Waals surface area contributed by atoms with Crippen LogP contribution in [0.5, 0.6) is 0 Å². The Morgan fingerprint density at radius 1 is 0.256 bits per heavy atom. The fourth-order valence-corrected chi connectivity index (χ4v) is 14.0. The van der Waals surface area contributed by atoms with Crippen molar-refractivity contribution in [2.75, 3.05) is 9.80 Å². The number of benzene rings is 14. The molecule has 0 amide bonds. The number of aromatic nitrogens is 3. The van der Waals surface area contributed by atoms with Gasteiger partial charge in [-0.2, -0.15) is 0 Å². The van der Waals surface area contributed by atoms with Crippen LogP contribution in [0.2, 0.25) is 0 Å². The minimum atomic E-state index is -1.22. The van der Waals surface area contributed by atoms with E-state index in [2.05, 4.69) is 53.1 Å². The molecule has 90 heavy (non-hydrogen) atoms. The second-order valence-corrected chi connectivity index (χ2v) is 22.5. The number of fused-ring (bicyclic) bond motifs is 13. The molecular formula is C84H54BN5. The predicted molar refractivity (Wildman–Crippen MR) is 380 cm³/mol. The Kier molecular flexibility index (Phi) is 7.73. The standard InChI is InChI=1S/C84H54BN5/c1-4-24-55(25-5-1)62-30-10-17-37-72(62)89-80-53-60(87-74-39-19-12-32-64(74)65-33-13-20-40-75(65)87)45-47-70(80)85-71-48-46-61(88-76-41-21-14-34-66(76)67-35-15-22-42-77(67)88)54-81(71)90(73-38-18-11-31-63(73)56-26-6-2-7-27-56)83-52-58(51-82(89)84(83)85)57-44-49-79-69(50-57)68-36-16-23-43-78(68)86(79)59-28-8-3-9-29-59/h1-54H/i12D,13D,14D,15D,19D,20D,21D,22D,32D,33D,34D,35D,39D,40D,41D,42D,47D,48D,53D. The monoisotopic (exact) mass is 1160 g/mol. The van der Waals surface area contributed by atoms with Gasteiger partial charge in [-0.15, -0.1) is 0 Å². The van der Waals surface area contributed by atoms with E-state index in [1.807, 2.05) is 155 Å². The molecular weight excluding hydrogens is 1090 g/mol. The largest absolute Gasteiger partial charge is 0.311 e. The summed E-state index contributed by atoms with van der Waals surface area (Å²) in [5.41, 5.74) is 9.58. The lowest BCUT2D eigenvalue weighted by Crippen LogP contribution is -2.61. The molecule has 5 heterocycles. The Labute approximate surface area is 547 Å². The Morgan fingerprint density at radius 2 is 0.700 bits per heavy atom. The van der Waals surface area contributed by atoms with E-state index >= 15 is 0 Å². The third-order valence-electron chi connectivity index (χ3n) is 17.8. The average Bonchev–Trinajstić information content (AvgIpc) is 1.29. The number of rotatable bonds is 8. The Hall–Kier alpha value is -11.9. The first-order valence-electron chi connectivity index (χ1n) is 39.1. The molecule has 2 aliphatic rings. The van der Waals surface area contributed by atoms with Crippen LogP contribution in [0.15, 0.2) is 327 Å². The molecule has 0 saturated heterocycles. The summed E-state index contributed by atoms with van der Waals surface area (Å²) in [5, 5.41) is 1.08. The van der Waals surface area contributed by atoms with Crippen LogP contribution in [0.1, 0.15) is 26.0 Å². The molecule has 0 radical (unpaired) electrons. The van der Waals surface area contributed by atoms with Gasteiger partial charge in [0.15, 0.2) is 0 Å². The first kappa shape index (κ1) is 35.1. The maximum absolute atomic E-state index is 11.3. The second kappa shape index (κ2) is 19.8. The highest BCUT2D eigenvalue weighted by atomic mass is 15.2. The molecule has 0 aliphatic carbocycles. The van der Waals surface area contributed by atoms with Gasteiger partial charge >= 0.3 is 0 Å². The molecule has 19 rings (SSSR count). The first-order valence-corrected chi connectivity index (χ1v) is 29.6. The zero-order valence-electron chi connectivity index (χ0n) is 66.5. The smallest absolute Gasteiger partial charge is 0.252 e. The number of hydrogen-bond acceptors (Lipinski definition) is 2. The molecule has 0 saturated carbocycles.